The number of aromatic nitrogens is 5. The molecule has 4 heterocycles. The van der Waals surface area contributed by atoms with E-state index in [2.05, 4.69) is 25.4 Å². The molecule has 1 unspecified atom stereocenters. The van der Waals surface area contributed by atoms with Gasteiger partial charge in [0, 0.05) is 44.6 Å². The largest absolute Gasteiger partial charge is 0.354 e. The minimum Gasteiger partial charge on any atom is -0.354 e. The average molecular weight is 325 g/mol. The van der Waals surface area contributed by atoms with Gasteiger partial charge in [-0.1, -0.05) is 0 Å². The molecule has 0 radical (unpaired) electrons. The zero-order valence-electron chi connectivity index (χ0n) is 13.5. The molecule has 0 bridgehead atoms. The van der Waals surface area contributed by atoms with Crippen molar-refractivity contribution in [2.75, 3.05) is 18.0 Å². The van der Waals surface area contributed by atoms with Crippen LogP contribution >= 0.6 is 0 Å². The number of amides is 1. The van der Waals surface area contributed by atoms with Crippen LogP contribution in [0.4, 0.5) is 5.82 Å². The van der Waals surface area contributed by atoms with Gasteiger partial charge >= 0.3 is 0 Å². The Kier molecular flexibility index (Phi) is 3.64. The highest BCUT2D eigenvalue weighted by Gasteiger charge is 2.23. The van der Waals surface area contributed by atoms with Crippen molar-refractivity contribution in [2.45, 2.75) is 18.9 Å². The first kappa shape index (κ1) is 14.7. The maximum Gasteiger partial charge on any atom is 0.269 e. The molecule has 1 saturated heterocycles. The molecule has 8 heteroatoms. The number of fused-ring (bicyclic) bond motifs is 1. The third kappa shape index (κ3) is 2.70. The lowest BCUT2D eigenvalue weighted by Crippen LogP contribution is -2.48. The van der Waals surface area contributed by atoms with Crippen molar-refractivity contribution in [1.82, 2.24) is 29.7 Å². The lowest BCUT2D eigenvalue weighted by atomic mass is 10.1. The van der Waals surface area contributed by atoms with Gasteiger partial charge in [0.25, 0.3) is 5.91 Å². The van der Waals surface area contributed by atoms with E-state index in [1.807, 2.05) is 18.3 Å². The van der Waals surface area contributed by atoms with Crippen LogP contribution in [-0.2, 0) is 7.05 Å². The summed E-state index contributed by atoms with van der Waals surface area (Å²) in [6.07, 6.45) is 7.26. The number of aryl methyl sites for hydroxylation is 1. The van der Waals surface area contributed by atoms with Crippen molar-refractivity contribution in [3.63, 3.8) is 0 Å². The molecule has 0 aliphatic carbocycles. The Balaban J connectivity index is 1.47. The summed E-state index contributed by atoms with van der Waals surface area (Å²) in [6.45, 7) is 1.69. The summed E-state index contributed by atoms with van der Waals surface area (Å²) >= 11 is 0. The summed E-state index contributed by atoms with van der Waals surface area (Å²) in [5.74, 6) is 0.837. The van der Waals surface area contributed by atoms with Crippen LogP contribution in [0, 0.1) is 0 Å². The molecule has 1 amide bonds. The SMILES string of the molecule is Cn1nccc1C(=O)NC1CCCN(c2ccn3nccc3n2)C1. The Labute approximate surface area is 139 Å². The van der Waals surface area contributed by atoms with E-state index < -0.39 is 0 Å². The summed E-state index contributed by atoms with van der Waals surface area (Å²) in [4.78, 5) is 19.2. The third-order valence-electron chi connectivity index (χ3n) is 4.38. The van der Waals surface area contributed by atoms with E-state index >= 15 is 0 Å². The Bertz CT molecular complexity index is 868. The van der Waals surface area contributed by atoms with E-state index in [1.54, 1.807) is 34.7 Å². The van der Waals surface area contributed by atoms with Crippen LogP contribution in [0.3, 0.4) is 0 Å². The van der Waals surface area contributed by atoms with Crippen LogP contribution in [0.5, 0.6) is 0 Å². The van der Waals surface area contributed by atoms with E-state index in [4.69, 9.17) is 0 Å². The number of nitrogens with one attached hydrogen (secondary N) is 1. The average Bonchev–Trinajstić information content (AvgIpc) is 3.22. The molecule has 1 fully saturated rings. The number of rotatable bonds is 3. The van der Waals surface area contributed by atoms with Crippen LogP contribution in [0.1, 0.15) is 23.3 Å². The van der Waals surface area contributed by atoms with Crippen molar-refractivity contribution >= 4 is 17.4 Å². The maximum absolute atomic E-state index is 12.4. The number of anilines is 1. The summed E-state index contributed by atoms with van der Waals surface area (Å²) in [5.41, 5.74) is 1.40. The molecule has 0 saturated carbocycles. The van der Waals surface area contributed by atoms with Crippen LogP contribution < -0.4 is 10.2 Å². The fourth-order valence-corrected chi connectivity index (χ4v) is 3.14. The van der Waals surface area contributed by atoms with Crippen LogP contribution in [-0.4, -0.2) is 49.4 Å². The molecule has 1 atom stereocenters. The number of carbonyl (C=O) groups is 1. The van der Waals surface area contributed by atoms with Gasteiger partial charge in [0.1, 0.15) is 11.5 Å². The molecular formula is C16H19N7O. The minimum atomic E-state index is -0.0824. The van der Waals surface area contributed by atoms with E-state index in [1.165, 1.54) is 0 Å². The van der Waals surface area contributed by atoms with Crippen molar-refractivity contribution in [1.29, 1.82) is 0 Å². The predicted molar refractivity (Wildman–Crippen MR) is 88.9 cm³/mol. The number of hydrogen-bond donors (Lipinski definition) is 1. The molecule has 3 aromatic rings. The van der Waals surface area contributed by atoms with E-state index in [9.17, 15) is 4.79 Å². The molecule has 0 spiro atoms. The zero-order valence-corrected chi connectivity index (χ0v) is 13.5. The summed E-state index contributed by atoms with van der Waals surface area (Å²) in [7, 11) is 1.77. The Morgan fingerprint density at radius 3 is 2.96 bits per heavy atom. The lowest BCUT2D eigenvalue weighted by molar-refractivity contribution is 0.0923. The Hall–Kier alpha value is -2.90. The van der Waals surface area contributed by atoms with E-state index in [0.29, 0.717) is 5.69 Å². The summed E-state index contributed by atoms with van der Waals surface area (Å²) in [5, 5.41) is 11.3. The Morgan fingerprint density at radius 1 is 1.25 bits per heavy atom. The van der Waals surface area contributed by atoms with Gasteiger partial charge in [-0.05, 0) is 25.0 Å². The van der Waals surface area contributed by atoms with Crippen molar-refractivity contribution < 1.29 is 4.79 Å². The highest BCUT2D eigenvalue weighted by atomic mass is 16.2. The van der Waals surface area contributed by atoms with Gasteiger partial charge in [-0.3, -0.25) is 9.48 Å². The molecule has 3 aromatic heterocycles. The number of hydrogen-bond acceptors (Lipinski definition) is 5. The first-order valence-electron chi connectivity index (χ1n) is 8.05. The molecule has 0 aromatic carbocycles. The summed E-state index contributed by atoms with van der Waals surface area (Å²) in [6, 6.07) is 5.68. The quantitative estimate of drug-likeness (QED) is 0.772. The molecule has 124 valence electrons. The topological polar surface area (TPSA) is 80.4 Å². The zero-order chi connectivity index (χ0) is 16.5. The molecule has 24 heavy (non-hydrogen) atoms. The highest BCUT2D eigenvalue weighted by Crippen LogP contribution is 2.18. The molecule has 1 N–H and O–H groups in total. The standard InChI is InChI=1S/C16H19N7O/c1-21-13(4-7-17-21)16(24)19-12-3-2-9-22(11-12)14-6-10-23-15(20-14)5-8-18-23/h4-8,10,12H,2-3,9,11H2,1H3,(H,19,24). The van der Waals surface area contributed by atoms with Gasteiger partial charge in [0.05, 0.1) is 6.20 Å². The van der Waals surface area contributed by atoms with Gasteiger partial charge in [-0.15, -0.1) is 0 Å². The second kappa shape index (κ2) is 5.95. The lowest BCUT2D eigenvalue weighted by Gasteiger charge is -2.33. The second-order valence-corrected chi connectivity index (χ2v) is 6.02. The van der Waals surface area contributed by atoms with Crippen molar-refractivity contribution in [3.05, 3.63) is 42.5 Å². The van der Waals surface area contributed by atoms with Crippen LogP contribution in [0.25, 0.3) is 5.65 Å². The molecule has 1 aliphatic rings. The first-order valence-corrected chi connectivity index (χ1v) is 8.05. The highest BCUT2D eigenvalue weighted by molar-refractivity contribution is 5.92. The number of piperidine rings is 1. The van der Waals surface area contributed by atoms with Crippen molar-refractivity contribution in [3.8, 4) is 0 Å². The van der Waals surface area contributed by atoms with Crippen molar-refractivity contribution in [2.24, 2.45) is 7.05 Å². The smallest absolute Gasteiger partial charge is 0.269 e. The predicted octanol–water partition coefficient (Wildman–Crippen LogP) is 0.862. The van der Waals surface area contributed by atoms with Crippen LogP contribution in [0.15, 0.2) is 36.8 Å². The molecular weight excluding hydrogens is 306 g/mol. The Morgan fingerprint density at radius 2 is 2.12 bits per heavy atom. The van der Waals surface area contributed by atoms with Gasteiger partial charge in [-0.2, -0.15) is 10.2 Å². The van der Waals surface area contributed by atoms with Gasteiger partial charge < -0.3 is 10.2 Å². The number of nitrogens with zero attached hydrogens (tertiary/aromatic N) is 6. The van der Waals surface area contributed by atoms with Gasteiger partial charge in [0.15, 0.2) is 5.65 Å². The second-order valence-electron chi connectivity index (χ2n) is 6.02. The monoisotopic (exact) mass is 325 g/mol. The van der Waals surface area contributed by atoms with E-state index in [0.717, 1.165) is 37.4 Å². The van der Waals surface area contributed by atoms with Gasteiger partial charge in [0.2, 0.25) is 0 Å². The molecule has 1 aliphatic heterocycles. The van der Waals surface area contributed by atoms with Gasteiger partial charge in [-0.25, -0.2) is 9.50 Å². The molecule has 8 nitrogen and oxygen atoms in total. The van der Waals surface area contributed by atoms with E-state index in [-0.39, 0.29) is 11.9 Å². The number of carbonyl (C=O) groups excluding carboxylic acids is 1. The minimum absolute atomic E-state index is 0.0824. The van der Waals surface area contributed by atoms with Crippen LogP contribution in [0.2, 0.25) is 0 Å². The third-order valence-corrected chi connectivity index (χ3v) is 4.38. The first-order chi connectivity index (χ1) is 11.7. The summed E-state index contributed by atoms with van der Waals surface area (Å²) < 4.78 is 3.33. The fraction of sp³-hybridized carbons (Fsp3) is 0.375. The molecule has 4 rings (SSSR count). The fourth-order valence-electron chi connectivity index (χ4n) is 3.14. The maximum atomic E-state index is 12.4. The normalized spacial score (nSPS) is 18.0.